The van der Waals surface area contributed by atoms with Crippen molar-refractivity contribution in [3.8, 4) is 5.75 Å². The average Bonchev–Trinajstić information content (AvgIpc) is 2.31. The van der Waals surface area contributed by atoms with E-state index in [1.165, 1.54) is 12.3 Å². The molecule has 8 heteroatoms. The van der Waals surface area contributed by atoms with E-state index in [0.717, 1.165) is 17.1 Å². The number of benzene rings is 1. The molecule has 0 spiro atoms. The minimum Gasteiger partial charge on any atom is -0.432 e. The third-order valence-electron chi connectivity index (χ3n) is 1.92. The van der Waals surface area contributed by atoms with Crippen molar-refractivity contribution in [1.29, 1.82) is 0 Å². The number of anilines is 1. The summed E-state index contributed by atoms with van der Waals surface area (Å²) in [4.78, 5) is 0. The van der Waals surface area contributed by atoms with Gasteiger partial charge in [0.1, 0.15) is 0 Å². The van der Waals surface area contributed by atoms with Crippen LogP contribution in [0.3, 0.4) is 0 Å². The number of alkyl halides is 2. The van der Waals surface area contributed by atoms with Crippen LogP contribution in [0.1, 0.15) is 0 Å². The number of rotatable bonds is 5. The first-order chi connectivity index (χ1) is 8.43. The van der Waals surface area contributed by atoms with E-state index in [4.69, 9.17) is 16.7 Å². The van der Waals surface area contributed by atoms with E-state index >= 15 is 0 Å². The molecule has 1 aromatic rings. The van der Waals surface area contributed by atoms with Crippen LogP contribution in [0, 0.1) is 5.82 Å². The first-order valence-electron chi connectivity index (χ1n) is 4.79. The molecular formula is C10H12F3N3O2. The lowest BCUT2D eigenvalue weighted by molar-refractivity contribution is -0.0521. The fraction of sp³-hybridized carbons (Fsp3) is 0.200. The van der Waals surface area contributed by atoms with Crippen LogP contribution in [0.5, 0.6) is 5.75 Å². The van der Waals surface area contributed by atoms with Crippen LogP contribution in [0.4, 0.5) is 18.9 Å². The first kappa shape index (κ1) is 14.1. The molecule has 1 rings (SSSR count). The van der Waals surface area contributed by atoms with Gasteiger partial charge in [-0.3, -0.25) is 5.01 Å². The van der Waals surface area contributed by atoms with Crippen LogP contribution >= 0.6 is 0 Å². The molecule has 100 valence electrons. The Hall–Kier alpha value is -1.93. The van der Waals surface area contributed by atoms with Gasteiger partial charge in [-0.25, -0.2) is 10.2 Å². The van der Waals surface area contributed by atoms with Crippen LogP contribution in [-0.4, -0.2) is 18.3 Å². The molecule has 0 bridgehead atoms. The van der Waals surface area contributed by atoms with Gasteiger partial charge in [-0.2, -0.15) is 8.78 Å². The zero-order valence-corrected chi connectivity index (χ0v) is 9.19. The van der Waals surface area contributed by atoms with Gasteiger partial charge in [-0.1, -0.05) is 0 Å². The van der Waals surface area contributed by atoms with E-state index in [2.05, 4.69) is 4.74 Å². The third kappa shape index (κ3) is 3.82. The molecule has 0 aliphatic heterocycles. The first-order valence-corrected chi connectivity index (χ1v) is 4.79. The Kier molecular flexibility index (Phi) is 4.81. The van der Waals surface area contributed by atoms with Crippen molar-refractivity contribution < 1.29 is 23.0 Å². The fourth-order valence-corrected chi connectivity index (χ4v) is 1.13. The second-order valence-corrected chi connectivity index (χ2v) is 3.26. The zero-order valence-electron chi connectivity index (χ0n) is 9.19. The summed E-state index contributed by atoms with van der Waals surface area (Å²) in [7, 11) is 0. The maximum Gasteiger partial charge on any atom is 0.387 e. The molecule has 0 aromatic heterocycles. The molecule has 0 saturated carbocycles. The highest BCUT2D eigenvalue weighted by molar-refractivity contribution is 5.52. The summed E-state index contributed by atoms with van der Waals surface area (Å²) in [5.74, 6) is 3.95. The predicted molar refractivity (Wildman–Crippen MR) is 59.1 cm³/mol. The number of ether oxygens (including phenoxy) is 1. The van der Waals surface area contributed by atoms with Crippen molar-refractivity contribution >= 4 is 5.69 Å². The highest BCUT2D eigenvalue weighted by atomic mass is 19.3. The van der Waals surface area contributed by atoms with Gasteiger partial charge in [-0.15, -0.1) is 0 Å². The van der Waals surface area contributed by atoms with Crippen molar-refractivity contribution in [2.24, 2.45) is 11.6 Å². The molecule has 0 atom stereocenters. The summed E-state index contributed by atoms with van der Waals surface area (Å²) in [5.41, 5.74) is 5.55. The number of halogens is 3. The van der Waals surface area contributed by atoms with Crippen LogP contribution in [-0.2, 0) is 0 Å². The van der Waals surface area contributed by atoms with E-state index < -0.39 is 24.8 Å². The van der Waals surface area contributed by atoms with Crippen molar-refractivity contribution in [2.75, 3.05) is 11.6 Å². The number of hydrazine groups is 1. The molecule has 5 nitrogen and oxygen atoms in total. The molecule has 0 saturated heterocycles. The summed E-state index contributed by atoms with van der Waals surface area (Å²) in [6.07, 6.45) is 1.17. The SMILES string of the molecule is N/C(=C\N(N)c1ccc(F)c(OC(F)F)c1)CO. The molecule has 0 aliphatic carbocycles. The zero-order chi connectivity index (χ0) is 13.7. The lowest BCUT2D eigenvalue weighted by Gasteiger charge is -2.16. The van der Waals surface area contributed by atoms with E-state index in [1.807, 2.05) is 0 Å². The summed E-state index contributed by atoms with van der Waals surface area (Å²) >= 11 is 0. The normalized spacial score (nSPS) is 11.8. The Morgan fingerprint density at radius 3 is 2.72 bits per heavy atom. The molecule has 0 radical (unpaired) electrons. The highest BCUT2D eigenvalue weighted by Crippen LogP contribution is 2.25. The van der Waals surface area contributed by atoms with Gasteiger partial charge in [0.2, 0.25) is 0 Å². The molecule has 0 fully saturated rings. The van der Waals surface area contributed by atoms with Crippen molar-refractivity contribution in [3.63, 3.8) is 0 Å². The lowest BCUT2D eigenvalue weighted by Crippen LogP contribution is -2.26. The number of nitrogens with zero attached hydrogens (tertiary/aromatic N) is 1. The number of nitrogens with two attached hydrogens (primary N) is 2. The van der Waals surface area contributed by atoms with Gasteiger partial charge in [0.15, 0.2) is 11.6 Å². The molecule has 1 aromatic carbocycles. The Morgan fingerprint density at radius 1 is 1.50 bits per heavy atom. The van der Waals surface area contributed by atoms with Crippen LogP contribution in [0.25, 0.3) is 0 Å². The molecular weight excluding hydrogens is 251 g/mol. The monoisotopic (exact) mass is 263 g/mol. The Morgan fingerprint density at radius 2 is 2.17 bits per heavy atom. The quantitative estimate of drug-likeness (QED) is 0.543. The minimum absolute atomic E-state index is 0.0538. The van der Waals surface area contributed by atoms with Crippen molar-refractivity contribution in [3.05, 3.63) is 35.9 Å². The Labute approximate surface area is 101 Å². The standard InChI is InChI=1S/C10H12F3N3O2/c11-8-2-1-7(3-9(8)18-10(12)13)16(15)4-6(14)5-17/h1-4,10,17H,5,14-15H2/b6-4-. The Bertz CT molecular complexity index is 440. The fourth-order valence-electron chi connectivity index (χ4n) is 1.13. The van der Waals surface area contributed by atoms with Crippen molar-refractivity contribution in [1.82, 2.24) is 0 Å². The maximum atomic E-state index is 13.1. The molecule has 0 unspecified atom stereocenters. The van der Waals surface area contributed by atoms with E-state index in [1.54, 1.807) is 0 Å². The predicted octanol–water partition coefficient (Wildman–Crippen LogP) is 0.900. The van der Waals surface area contributed by atoms with Gasteiger partial charge in [-0.05, 0) is 12.1 Å². The topological polar surface area (TPSA) is 84.7 Å². The maximum absolute atomic E-state index is 13.1. The average molecular weight is 263 g/mol. The van der Waals surface area contributed by atoms with Crippen molar-refractivity contribution in [2.45, 2.75) is 6.61 Å². The molecule has 0 amide bonds. The number of aliphatic hydroxyl groups excluding tert-OH is 1. The molecule has 0 heterocycles. The van der Waals surface area contributed by atoms with Gasteiger partial charge in [0.05, 0.1) is 18.0 Å². The van der Waals surface area contributed by atoms with Gasteiger partial charge in [0, 0.05) is 12.3 Å². The highest BCUT2D eigenvalue weighted by Gasteiger charge is 2.12. The number of aliphatic hydroxyl groups is 1. The van der Waals surface area contributed by atoms with E-state index in [-0.39, 0.29) is 11.4 Å². The van der Waals surface area contributed by atoms with Gasteiger partial charge < -0.3 is 15.6 Å². The molecule has 0 aliphatic rings. The second-order valence-electron chi connectivity index (χ2n) is 3.26. The van der Waals surface area contributed by atoms with E-state index in [9.17, 15) is 13.2 Å². The number of hydrogen-bond donors (Lipinski definition) is 3. The largest absolute Gasteiger partial charge is 0.432 e. The van der Waals surface area contributed by atoms with E-state index in [0.29, 0.717) is 0 Å². The number of hydrogen-bond acceptors (Lipinski definition) is 5. The van der Waals surface area contributed by atoms with Crippen LogP contribution < -0.4 is 21.3 Å². The second kappa shape index (κ2) is 6.12. The summed E-state index contributed by atoms with van der Waals surface area (Å²) < 4.78 is 41.1. The van der Waals surface area contributed by atoms with Gasteiger partial charge >= 0.3 is 6.61 Å². The summed E-state index contributed by atoms with van der Waals surface area (Å²) in [6.45, 7) is -3.56. The Balaban J connectivity index is 2.97. The minimum atomic E-state index is -3.14. The lowest BCUT2D eigenvalue weighted by atomic mass is 10.3. The summed E-state index contributed by atoms with van der Waals surface area (Å²) in [6, 6.07) is 3.16. The van der Waals surface area contributed by atoms with Gasteiger partial charge in [0.25, 0.3) is 0 Å². The molecule has 18 heavy (non-hydrogen) atoms. The van der Waals surface area contributed by atoms with Crippen LogP contribution in [0.2, 0.25) is 0 Å². The smallest absolute Gasteiger partial charge is 0.387 e. The molecule has 5 N–H and O–H groups in total. The van der Waals surface area contributed by atoms with Crippen LogP contribution in [0.15, 0.2) is 30.1 Å². The summed E-state index contributed by atoms with van der Waals surface area (Å²) in [5, 5.41) is 9.64. The third-order valence-corrected chi connectivity index (χ3v) is 1.92.